The highest BCUT2D eigenvalue weighted by molar-refractivity contribution is 5.98. The average molecular weight is 496 g/mol. The van der Waals surface area contributed by atoms with E-state index in [-0.39, 0.29) is 5.56 Å². The fraction of sp³-hybridized carbons (Fsp3) is 0.476. The number of para-hydroxylation sites is 1. The fourth-order valence-electron chi connectivity index (χ4n) is 3.37. The molecule has 1 aliphatic heterocycles. The number of hydrogen-bond donors (Lipinski definition) is 1. The highest BCUT2D eigenvalue weighted by Crippen LogP contribution is 2.29. The van der Waals surface area contributed by atoms with Crippen LogP contribution in [-0.2, 0) is 42.9 Å². The van der Waals surface area contributed by atoms with Gasteiger partial charge in [0.2, 0.25) is 6.29 Å². The van der Waals surface area contributed by atoms with Crippen LogP contribution in [0.4, 0.5) is 5.69 Å². The molecule has 14 heteroatoms. The molecule has 35 heavy (non-hydrogen) atoms. The summed E-state index contributed by atoms with van der Waals surface area (Å²) in [5.74, 6) is -4.21. The van der Waals surface area contributed by atoms with Crippen LogP contribution in [-0.4, -0.2) is 72.0 Å². The molecule has 0 saturated carbocycles. The van der Waals surface area contributed by atoms with Gasteiger partial charge in [-0.3, -0.25) is 34.1 Å². The van der Waals surface area contributed by atoms with Crippen molar-refractivity contribution < 1.29 is 52.6 Å². The molecule has 1 aromatic rings. The molecule has 14 nitrogen and oxygen atoms in total. The maximum atomic E-state index is 13.0. The van der Waals surface area contributed by atoms with Gasteiger partial charge in [-0.2, -0.15) is 0 Å². The van der Waals surface area contributed by atoms with Gasteiger partial charge in [0.15, 0.2) is 12.2 Å². The van der Waals surface area contributed by atoms with Crippen molar-refractivity contribution in [2.75, 3.05) is 6.61 Å². The monoisotopic (exact) mass is 496 g/mol. The van der Waals surface area contributed by atoms with E-state index in [4.69, 9.17) is 23.7 Å². The molecule has 1 saturated heterocycles. The normalized spacial score (nSPS) is 23.4. The highest BCUT2D eigenvalue weighted by atomic mass is 16.7. The third-order valence-electron chi connectivity index (χ3n) is 4.63. The molecule has 2 rings (SSSR count). The quantitative estimate of drug-likeness (QED) is 0.226. The minimum atomic E-state index is -1.61. The number of esters is 4. The van der Waals surface area contributed by atoms with Crippen molar-refractivity contribution in [3.63, 3.8) is 0 Å². The molecule has 0 radical (unpaired) electrons. The first-order valence-electron chi connectivity index (χ1n) is 10.3. The van der Waals surface area contributed by atoms with Gasteiger partial charge in [0.25, 0.3) is 11.6 Å². The van der Waals surface area contributed by atoms with E-state index in [1.807, 2.05) is 0 Å². The van der Waals surface area contributed by atoms with E-state index < -0.39 is 77.6 Å². The molecule has 0 aliphatic carbocycles. The molecule has 1 aromatic carbocycles. The van der Waals surface area contributed by atoms with Crippen molar-refractivity contribution in [1.82, 2.24) is 5.32 Å². The van der Waals surface area contributed by atoms with Crippen molar-refractivity contribution >= 4 is 35.5 Å². The number of rotatable bonds is 8. The third kappa shape index (κ3) is 7.46. The van der Waals surface area contributed by atoms with Crippen LogP contribution in [0.15, 0.2) is 24.3 Å². The van der Waals surface area contributed by atoms with E-state index in [0.717, 1.165) is 33.8 Å². The van der Waals surface area contributed by atoms with Gasteiger partial charge in [-0.15, -0.1) is 0 Å². The summed E-state index contributed by atoms with van der Waals surface area (Å²) in [5.41, 5.74) is -0.856. The van der Waals surface area contributed by atoms with E-state index in [2.05, 4.69) is 5.32 Å². The van der Waals surface area contributed by atoms with Crippen molar-refractivity contribution in [3.05, 3.63) is 39.9 Å². The molecule has 1 heterocycles. The van der Waals surface area contributed by atoms with Crippen LogP contribution in [0.25, 0.3) is 0 Å². The summed E-state index contributed by atoms with van der Waals surface area (Å²) in [7, 11) is 0. The van der Waals surface area contributed by atoms with Crippen LogP contribution in [0.2, 0.25) is 0 Å². The van der Waals surface area contributed by atoms with E-state index in [9.17, 15) is 34.1 Å². The molecule has 0 spiro atoms. The highest BCUT2D eigenvalue weighted by Gasteiger charge is 2.52. The Kier molecular flexibility index (Phi) is 9.22. The van der Waals surface area contributed by atoms with E-state index in [1.54, 1.807) is 0 Å². The standard InChI is InChI=1S/C21H24N2O12/c1-10(24)31-9-16-18(32-11(2)25)19(33-12(3)26)17(21(35-16)34-13(4)27)22-20(28)14-7-5-6-8-15(14)23(29)30/h5-8,16-19,21H,9H2,1-4H3,(H,22,28)/t16-,17-,18+,19+,21+/m0/s1. The van der Waals surface area contributed by atoms with E-state index >= 15 is 0 Å². The second kappa shape index (κ2) is 11.9. The summed E-state index contributed by atoms with van der Waals surface area (Å²) >= 11 is 0. The molecular weight excluding hydrogens is 472 g/mol. The first-order chi connectivity index (χ1) is 16.4. The summed E-state index contributed by atoms with van der Waals surface area (Å²) in [5, 5.41) is 13.8. The van der Waals surface area contributed by atoms with Crippen LogP contribution >= 0.6 is 0 Å². The zero-order chi connectivity index (χ0) is 26.3. The Bertz CT molecular complexity index is 1010. The number of hydrogen-bond acceptors (Lipinski definition) is 12. The number of ether oxygens (including phenoxy) is 5. The molecule has 0 bridgehead atoms. The third-order valence-corrected chi connectivity index (χ3v) is 4.63. The Balaban J connectivity index is 2.51. The maximum absolute atomic E-state index is 13.0. The zero-order valence-corrected chi connectivity index (χ0v) is 19.2. The van der Waals surface area contributed by atoms with Gasteiger partial charge in [-0.25, -0.2) is 0 Å². The number of amides is 1. The lowest BCUT2D eigenvalue weighted by Gasteiger charge is -2.44. The molecule has 0 aromatic heterocycles. The minimum absolute atomic E-state index is 0.341. The molecule has 5 atom stereocenters. The lowest BCUT2D eigenvalue weighted by molar-refractivity contribution is -0.385. The Labute approximate surface area is 198 Å². The number of nitrogens with zero attached hydrogens (tertiary/aromatic N) is 1. The Morgan fingerprint density at radius 1 is 0.914 bits per heavy atom. The lowest BCUT2D eigenvalue weighted by atomic mass is 9.95. The van der Waals surface area contributed by atoms with Crippen LogP contribution in [0.5, 0.6) is 0 Å². The van der Waals surface area contributed by atoms with Gasteiger partial charge in [-0.05, 0) is 6.07 Å². The van der Waals surface area contributed by atoms with Crippen molar-refractivity contribution in [2.45, 2.75) is 58.3 Å². The molecule has 0 unspecified atom stereocenters. The van der Waals surface area contributed by atoms with Gasteiger partial charge in [0, 0.05) is 33.8 Å². The van der Waals surface area contributed by atoms with Crippen molar-refractivity contribution in [2.24, 2.45) is 0 Å². The first-order valence-corrected chi connectivity index (χ1v) is 10.3. The first kappa shape index (κ1) is 27.2. The van der Waals surface area contributed by atoms with Crippen LogP contribution < -0.4 is 5.32 Å². The Morgan fingerprint density at radius 2 is 1.49 bits per heavy atom. The predicted octanol–water partition coefficient (Wildman–Crippen LogP) is 0.408. The number of nitrogens with one attached hydrogen (secondary N) is 1. The summed E-state index contributed by atoms with van der Waals surface area (Å²) in [6.45, 7) is 3.79. The molecule has 190 valence electrons. The Morgan fingerprint density at radius 3 is 2.03 bits per heavy atom. The van der Waals surface area contributed by atoms with Gasteiger partial charge in [0.05, 0.1) is 4.92 Å². The lowest BCUT2D eigenvalue weighted by Crippen LogP contribution is -2.67. The van der Waals surface area contributed by atoms with E-state index in [1.165, 1.54) is 18.2 Å². The summed E-state index contributed by atoms with van der Waals surface area (Å²) in [4.78, 5) is 70.3. The zero-order valence-electron chi connectivity index (χ0n) is 19.2. The second-order valence-electron chi connectivity index (χ2n) is 7.38. The number of carbonyl (C=O) groups excluding carboxylic acids is 5. The maximum Gasteiger partial charge on any atom is 0.305 e. The number of benzene rings is 1. The number of carbonyl (C=O) groups is 5. The molecule has 1 aliphatic rings. The predicted molar refractivity (Wildman–Crippen MR) is 113 cm³/mol. The van der Waals surface area contributed by atoms with Crippen LogP contribution in [0.1, 0.15) is 38.1 Å². The largest absolute Gasteiger partial charge is 0.463 e. The topological polar surface area (TPSA) is 187 Å². The van der Waals surface area contributed by atoms with E-state index in [0.29, 0.717) is 0 Å². The van der Waals surface area contributed by atoms with Gasteiger partial charge in [-0.1, -0.05) is 12.1 Å². The smallest absolute Gasteiger partial charge is 0.305 e. The molecule has 1 N–H and O–H groups in total. The molecule has 1 fully saturated rings. The number of nitro groups is 1. The van der Waals surface area contributed by atoms with Gasteiger partial charge in [0.1, 0.15) is 24.3 Å². The Hall–Kier alpha value is -4.07. The average Bonchev–Trinajstić information content (AvgIpc) is 2.75. The minimum Gasteiger partial charge on any atom is -0.463 e. The summed E-state index contributed by atoms with van der Waals surface area (Å²) in [6, 6.07) is 3.57. The molecule has 1 amide bonds. The summed E-state index contributed by atoms with van der Waals surface area (Å²) < 4.78 is 26.3. The SMILES string of the molecule is CC(=O)OC[C@@H]1O[C@@H](OC(C)=O)[C@@H](NC(=O)c2ccccc2[N+](=O)[O-])[C@@H](OC(C)=O)[C@@H]1OC(C)=O. The second-order valence-corrected chi connectivity index (χ2v) is 7.38. The summed E-state index contributed by atoms with van der Waals surface area (Å²) in [6.07, 6.45) is -5.80. The molecular formula is C21H24N2O12. The van der Waals surface area contributed by atoms with Crippen LogP contribution in [0.3, 0.4) is 0 Å². The van der Waals surface area contributed by atoms with Crippen molar-refractivity contribution in [3.8, 4) is 0 Å². The fourth-order valence-corrected chi connectivity index (χ4v) is 3.37. The number of nitro benzene ring substituents is 1. The van der Waals surface area contributed by atoms with Crippen LogP contribution in [0, 0.1) is 10.1 Å². The van der Waals surface area contributed by atoms with Gasteiger partial charge >= 0.3 is 23.9 Å². The van der Waals surface area contributed by atoms with Gasteiger partial charge < -0.3 is 29.0 Å². The van der Waals surface area contributed by atoms with Crippen molar-refractivity contribution in [1.29, 1.82) is 0 Å².